The van der Waals surface area contributed by atoms with E-state index < -0.39 is 6.10 Å². The Morgan fingerprint density at radius 1 is 1.32 bits per heavy atom. The first-order chi connectivity index (χ1) is 10.7. The highest BCUT2D eigenvalue weighted by Crippen LogP contribution is 2.19. The van der Waals surface area contributed by atoms with Crippen molar-refractivity contribution in [2.75, 3.05) is 13.1 Å². The fourth-order valence-corrected chi connectivity index (χ4v) is 2.60. The van der Waals surface area contributed by atoms with Crippen LogP contribution in [0.15, 0.2) is 47.1 Å². The molecule has 1 aliphatic heterocycles. The number of furan rings is 1. The van der Waals surface area contributed by atoms with Crippen molar-refractivity contribution in [2.45, 2.75) is 25.6 Å². The second-order valence-corrected chi connectivity index (χ2v) is 5.42. The Labute approximate surface area is 129 Å². The average molecular weight is 301 g/mol. The number of β-amino-alcohol motifs (C(OH)–C–C–N with tert-alkyl or cyclic N) is 1. The van der Waals surface area contributed by atoms with Gasteiger partial charge in [0.05, 0.1) is 12.4 Å². The summed E-state index contributed by atoms with van der Waals surface area (Å²) < 4.78 is 11.0. The van der Waals surface area contributed by atoms with Crippen molar-refractivity contribution < 1.29 is 19.1 Å². The van der Waals surface area contributed by atoms with E-state index in [1.165, 1.54) is 6.26 Å². The number of piperidine rings is 1. The lowest BCUT2D eigenvalue weighted by Gasteiger charge is -2.29. The molecule has 5 heteroatoms. The van der Waals surface area contributed by atoms with Crippen LogP contribution in [0.3, 0.4) is 0 Å². The maximum Gasteiger partial charge on any atom is 0.290 e. The summed E-state index contributed by atoms with van der Waals surface area (Å²) in [4.78, 5) is 14.1. The van der Waals surface area contributed by atoms with Crippen LogP contribution in [0.4, 0.5) is 0 Å². The van der Waals surface area contributed by atoms with E-state index in [1.807, 2.05) is 30.3 Å². The molecule has 0 saturated carbocycles. The zero-order chi connectivity index (χ0) is 15.4. The maximum atomic E-state index is 12.5. The summed E-state index contributed by atoms with van der Waals surface area (Å²) in [7, 11) is 0. The van der Waals surface area contributed by atoms with Crippen molar-refractivity contribution in [1.82, 2.24) is 4.90 Å². The number of hydrogen-bond donors (Lipinski definition) is 1. The Morgan fingerprint density at radius 2 is 2.14 bits per heavy atom. The molecule has 3 rings (SSSR count). The van der Waals surface area contributed by atoms with Gasteiger partial charge in [0.1, 0.15) is 12.4 Å². The second-order valence-electron chi connectivity index (χ2n) is 5.42. The summed E-state index contributed by atoms with van der Waals surface area (Å²) in [6.07, 6.45) is 2.60. The lowest BCUT2D eigenvalue weighted by molar-refractivity contribution is 0.0446. The van der Waals surface area contributed by atoms with Crippen molar-refractivity contribution in [1.29, 1.82) is 0 Å². The molecule has 2 aromatic rings. The molecular weight excluding hydrogens is 282 g/mol. The molecule has 116 valence electrons. The van der Waals surface area contributed by atoms with Crippen LogP contribution in [0.5, 0.6) is 5.75 Å². The summed E-state index contributed by atoms with van der Waals surface area (Å²) in [5.74, 6) is 0.857. The lowest BCUT2D eigenvalue weighted by Crippen LogP contribution is -2.42. The van der Waals surface area contributed by atoms with Crippen LogP contribution in [0, 0.1) is 0 Å². The Hall–Kier alpha value is -2.27. The summed E-state index contributed by atoms with van der Waals surface area (Å²) >= 11 is 0. The second kappa shape index (κ2) is 6.66. The molecule has 1 aromatic heterocycles. The number of carbonyl (C=O) groups is 1. The van der Waals surface area contributed by atoms with Gasteiger partial charge in [-0.3, -0.25) is 4.79 Å². The molecule has 0 spiro atoms. The number of likely N-dealkylation sites (tertiary alicyclic amines) is 1. The quantitative estimate of drug-likeness (QED) is 0.942. The summed E-state index contributed by atoms with van der Waals surface area (Å²) in [6.45, 7) is 1.28. The first kappa shape index (κ1) is 14.7. The number of aliphatic hydroxyl groups is 1. The number of aliphatic hydroxyl groups excluding tert-OH is 1. The van der Waals surface area contributed by atoms with E-state index >= 15 is 0 Å². The molecule has 0 bridgehead atoms. The van der Waals surface area contributed by atoms with E-state index in [0.29, 0.717) is 24.4 Å². The summed E-state index contributed by atoms with van der Waals surface area (Å²) in [5, 5.41) is 9.70. The van der Waals surface area contributed by atoms with Gasteiger partial charge in [-0.05, 0) is 31.0 Å². The molecule has 22 heavy (non-hydrogen) atoms. The van der Waals surface area contributed by atoms with E-state index in [2.05, 4.69) is 0 Å². The van der Waals surface area contributed by atoms with Gasteiger partial charge < -0.3 is 19.2 Å². The number of amides is 1. The van der Waals surface area contributed by atoms with Crippen molar-refractivity contribution in [3.63, 3.8) is 0 Å². The van der Waals surface area contributed by atoms with Crippen molar-refractivity contribution in [3.05, 3.63) is 54.0 Å². The van der Waals surface area contributed by atoms with Gasteiger partial charge in [-0.1, -0.05) is 18.2 Å². The number of rotatable bonds is 4. The number of benzene rings is 1. The van der Waals surface area contributed by atoms with Gasteiger partial charge >= 0.3 is 0 Å². The Bertz CT molecular complexity index is 623. The molecule has 1 aliphatic rings. The summed E-state index contributed by atoms with van der Waals surface area (Å²) in [6, 6.07) is 11.2. The molecule has 1 fully saturated rings. The topological polar surface area (TPSA) is 62.9 Å². The number of nitrogens with zero attached hydrogens (tertiary/aromatic N) is 1. The first-order valence-electron chi connectivity index (χ1n) is 7.45. The van der Waals surface area contributed by atoms with E-state index in [4.69, 9.17) is 9.15 Å². The molecule has 1 atom stereocenters. The van der Waals surface area contributed by atoms with Crippen molar-refractivity contribution >= 4 is 5.91 Å². The first-order valence-corrected chi connectivity index (χ1v) is 7.45. The normalized spacial score (nSPS) is 18.2. The fourth-order valence-electron chi connectivity index (χ4n) is 2.60. The van der Waals surface area contributed by atoms with Gasteiger partial charge in [0.15, 0.2) is 5.76 Å². The Balaban J connectivity index is 1.67. The molecular formula is C17H19NO4. The molecule has 5 nitrogen and oxygen atoms in total. The predicted octanol–water partition coefficient (Wildman–Crippen LogP) is 2.46. The van der Waals surface area contributed by atoms with Crippen LogP contribution in [-0.2, 0) is 6.61 Å². The number of carbonyl (C=O) groups excluding carboxylic acids is 1. The van der Waals surface area contributed by atoms with E-state index in [1.54, 1.807) is 11.0 Å². The van der Waals surface area contributed by atoms with E-state index in [0.717, 1.165) is 18.6 Å². The molecule has 1 unspecified atom stereocenters. The highest BCUT2D eigenvalue weighted by molar-refractivity contribution is 5.93. The van der Waals surface area contributed by atoms with Crippen LogP contribution < -0.4 is 4.74 Å². The zero-order valence-corrected chi connectivity index (χ0v) is 12.3. The highest BCUT2D eigenvalue weighted by Gasteiger charge is 2.26. The Kier molecular flexibility index (Phi) is 4.44. The molecule has 1 amide bonds. The molecule has 0 aliphatic carbocycles. The maximum absolute atomic E-state index is 12.5. The number of ether oxygens (including phenoxy) is 1. The smallest absolute Gasteiger partial charge is 0.290 e. The number of hydrogen-bond acceptors (Lipinski definition) is 4. The minimum Gasteiger partial charge on any atom is -0.489 e. The van der Waals surface area contributed by atoms with Crippen LogP contribution >= 0.6 is 0 Å². The highest BCUT2D eigenvalue weighted by atomic mass is 16.5. The third kappa shape index (κ3) is 3.31. The largest absolute Gasteiger partial charge is 0.489 e. The third-order valence-electron chi connectivity index (χ3n) is 3.76. The minimum absolute atomic E-state index is 0.185. The molecule has 2 heterocycles. The zero-order valence-electron chi connectivity index (χ0n) is 12.3. The predicted molar refractivity (Wildman–Crippen MR) is 80.6 cm³/mol. The Morgan fingerprint density at radius 3 is 2.91 bits per heavy atom. The van der Waals surface area contributed by atoms with Gasteiger partial charge in [-0.25, -0.2) is 0 Å². The van der Waals surface area contributed by atoms with Gasteiger partial charge in [0, 0.05) is 18.7 Å². The van der Waals surface area contributed by atoms with Gasteiger partial charge in [0.2, 0.25) is 0 Å². The molecule has 0 radical (unpaired) electrons. The third-order valence-corrected chi connectivity index (χ3v) is 3.76. The van der Waals surface area contributed by atoms with Crippen LogP contribution in [0.25, 0.3) is 0 Å². The number of para-hydroxylation sites is 1. The average Bonchev–Trinajstić information content (AvgIpc) is 3.01. The fraction of sp³-hybridized carbons (Fsp3) is 0.353. The SMILES string of the molecule is O=C(c1occc1COc1ccccc1)N1CCCC(O)C1. The monoisotopic (exact) mass is 301 g/mol. The summed E-state index contributed by atoms with van der Waals surface area (Å²) in [5.41, 5.74) is 0.717. The van der Waals surface area contributed by atoms with E-state index in [9.17, 15) is 9.90 Å². The lowest BCUT2D eigenvalue weighted by atomic mass is 10.1. The van der Waals surface area contributed by atoms with Crippen LogP contribution in [-0.4, -0.2) is 35.1 Å². The van der Waals surface area contributed by atoms with E-state index in [-0.39, 0.29) is 12.5 Å². The minimum atomic E-state index is -0.448. The van der Waals surface area contributed by atoms with Crippen LogP contribution in [0.1, 0.15) is 29.0 Å². The molecule has 1 aromatic carbocycles. The standard InChI is InChI=1S/C17H19NO4/c19-14-5-4-9-18(11-14)17(20)16-13(8-10-21-16)12-22-15-6-2-1-3-7-15/h1-3,6-8,10,14,19H,4-5,9,11-12H2. The van der Waals surface area contributed by atoms with Gasteiger partial charge in [-0.2, -0.15) is 0 Å². The van der Waals surface area contributed by atoms with Crippen molar-refractivity contribution in [2.24, 2.45) is 0 Å². The van der Waals surface area contributed by atoms with Gasteiger partial charge in [-0.15, -0.1) is 0 Å². The molecule has 1 N–H and O–H groups in total. The molecule has 1 saturated heterocycles. The van der Waals surface area contributed by atoms with Crippen molar-refractivity contribution in [3.8, 4) is 5.75 Å². The van der Waals surface area contributed by atoms with Gasteiger partial charge in [0.25, 0.3) is 5.91 Å². The van der Waals surface area contributed by atoms with Crippen LogP contribution in [0.2, 0.25) is 0 Å².